The van der Waals surface area contributed by atoms with Crippen molar-refractivity contribution in [2.24, 2.45) is 11.0 Å². The number of hydrogen-bond acceptors (Lipinski definition) is 6. The average molecular weight is 429 g/mol. The molecule has 2 aromatic rings. The van der Waals surface area contributed by atoms with E-state index in [0.29, 0.717) is 13.0 Å². The van der Waals surface area contributed by atoms with Crippen molar-refractivity contribution in [3.63, 3.8) is 0 Å². The highest BCUT2D eigenvalue weighted by Gasteiger charge is 2.36. The molecule has 160 valence electrons. The van der Waals surface area contributed by atoms with Gasteiger partial charge in [0.2, 0.25) is 5.91 Å². The minimum atomic E-state index is -0.209. The molecule has 30 heavy (non-hydrogen) atoms. The number of hydrogen-bond donors (Lipinski definition) is 1. The third-order valence-corrected chi connectivity index (χ3v) is 6.51. The Morgan fingerprint density at radius 2 is 2.07 bits per heavy atom. The second-order valence-electron chi connectivity index (χ2n) is 8.21. The van der Waals surface area contributed by atoms with Crippen LogP contribution < -0.4 is 5.32 Å². The summed E-state index contributed by atoms with van der Waals surface area (Å²) in [4.78, 5) is 28.6. The number of carbonyl (C=O) groups excluding carboxylic acids is 2. The van der Waals surface area contributed by atoms with E-state index in [1.54, 1.807) is 22.6 Å². The zero-order valence-corrected chi connectivity index (χ0v) is 18.2. The SMILES string of the molecule is CC(C)NC(=O)C1CCN(CC(=O)N2N=C(c3cccs3)CC2c2ccco2)CC1. The molecule has 2 amide bonds. The monoisotopic (exact) mass is 428 g/mol. The summed E-state index contributed by atoms with van der Waals surface area (Å²) in [5.74, 6) is 0.874. The number of carbonyl (C=O) groups is 2. The fraction of sp³-hybridized carbons (Fsp3) is 0.500. The largest absolute Gasteiger partial charge is 0.467 e. The topological polar surface area (TPSA) is 78.2 Å². The summed E-state index contributed by atoms with van der Waals surface area (Å²) < 4.78 is 5.60. The Hall–Kier alpha value is -2.45. The second kappa shape index (κ2) is 9.14. The molecule has 2 aliphatic heterocycles. The summed E-state index contributed by atoms with van der Waals surface area (Å²) in [7, 11) is 0. The van der Waals surface area contributed by atoms with Crippen LogP contribution >= 0.6 is 11.3 Å². The molecule has 4 rings (SSSR count). The first-order valence-corrected chi connectivity index (χ1v) is 11.4. The molecule has 1 atom stereocenters. The van der Waals surface area contributed by atoms with E-state index in [4.69, 9.17) is 4.42 Å². The molecule has 8 heteroatoms. The number of furan rings is 1. The van der Waals surface area contributed by atoms with E-state index >= 15 is 0 Å². The van der Waals surface area contributed by atoms with E-state index in [0.717, 1.165) is 42.3 Å². The molecule has 1 fully saturated rings. The summed E-state index contributed by atoms with van der Waals surface area (Å²) in [5.41, 5.74) is 0.920. The Kier molecular flexibility index (Phi) is 6.34. The number of thiophene rings is 1. The van der Waals surface area contributed by atoms with Gasteiger partial charge in [0.1, 0.15) is 11.8 Å². The average Bonchev–Trinajstić information content (AvgIpc) is 3.48. The Labute approximate surface area is 180 Å². The maximum Gasteiger partial charge on any atom is 0.257 e. The van der Waals surface area contributed by atoms with E-state index in [1.807, 2.05) is 43.5 Å². The van der Waals surface area contributed by atoms with E-state index in [2.05, 4.69) is 15.3 Å². The Morgan fingerprint density at radius 1 is 1.27 bits per heavy atom. The van der Waals surface area contributed by atoms with Crippen molar-refractivity contribution in [1.82, 2.24) is 15.2 Å². The number of nitrogens with one attached hydrogen (secondary N) is 1. The molecule has 0 saturated carbocycles. The predicted molar refractivity (Wildman–Crippen MR) is 116 cm³/mol. The van der Waals surface area contributed by atoms with Crippen molar-refractivity contribution in [2.45, 2.75) is 45.2 Å². The van der Waals surface area contributed by atoms with Gasteiger partial charge in [0.25, 0.3) is 5.91 Å². The molecule has 1 saturated heterocycles. The lowest BCUT2D eigenvalue weighted by molar-refractivity contribution is -0.135. The lowest BCUT2D eigenvalue weighted by atomic mass is 9.95. The van der Waals surface area contributed by atoms with Gasteiger partial charge in [-0.1, -0.05) is 6.07 Å². The fourth-order valence-electron chi connectivity index (χ4n) is 4.05. The lowest BCUT2D eigenvalue weighted by Gasteiger charge is -2.32. The van der Waals surface area contributed by atoms with Crippen LogP contribution in [0.4, 0.5) is 0 Å². The van der Waals surface area contributed by atoms with Crippen molar-refractivity contribution < 1.29 is 14.0 Å². The molecule has 0 spiro atoms. The normalized spacial score (nSPS) is 20.6. The van der Waals surface area contributed by atoms with E-state index in [9.17, 15) is 9.59 Å². The van der Waals surface area contributed by atoms with Crippen molar-refractivity contribution in [1.29, 1.82) is 0 Å². The predicted octanol–water partition coefficient (Wildman–Crippen LogP) is 3.26. The first kappa shape index (κ1) is 20.8. The summed E-state index contributed by atoms with van der Waals surface area (Å²) in [5, 5.41) is 11.3. The molecule has 7 nitrogen and oxygen atoms in total. The van der Waals surface area contributed by atoms with Gasteiger partial charge in [0.15, 0.2) is 0 Å². The van der Waals surface area contributed by atoms with Gasteiger partial charge in [-0.3, -0.25) is 14.5 Å². The van der Waals surface area contributed by atoms with Crippen molar-refractivity contribution in [2.75, 3.05) is 19.6 Å². The van der Waals surface area contributed by atoms with E-state index < -0.39 is 0 Å². The van der Waals surface area contributed by atoms with Crippen LogP contribution in [0.3, 0.4) is 0 Å². The van der Waals surface area contributed by atoms with Crippen LogP contribution in [0.25, 0.3) is 0 Å². The van der Waals surface area contributed by atoms with Crippen molar-refractivity contribution in [3.8, 4) is 0 Å². The van der Waals surface area contributed by atoms with Gasteiger partial charge in [0.05, 0.1) is 23.4 Å². The Balaban J connectivity index is 1.39. The zero-order valence-electron chi connectivity index (χ0n) is 17.4. The van der Waals surface area contributed by atoms with Gasteiger partial charge in [-0.25, -0.2) is 5.01 Å². The van der Waals surface area contributed by atoms with Crippen molar-refractivity contribution in [3.05, 3.63) is 46.5 Å². The standard InChI is InChI=1S/C22H28N4O3S/c1-15(2)23-22(28)16-7-9-25(10-8-16)14-21(27)26-18(19-5-3-11-29-19)13-17(24-26)20-6-4-12-30-20/h3-6,11-12,15-16,18H,7-10,13-14H2,1-2H3,(H,23,28). The van der Waals surface area contributed by atoms with Crippen LogP contribution in [0.5, 0.6) is 0 Å². The molecule has 0 aromatic carbocycles. The van der Waals surface area contributed by atoms with Gasteiger partial charge in [0, 0.05) is 18.4 Å². The minimum absolute atomic E-state index is 0.0323. The highest BCUT2D eigenvalue weighted by Crippen LogP contribution is 2.34. The highest BCUT2D eigenvalue weighted by atomic mass is 32.1. The first-order valence-electron chi connectivity index (χ1n) is 10.5. The fourth-order valence-corrected chi connectivity index (χ4v) is 4.77. The number of nitrogens with zero attached hydrogens (tertiary/aromatic N) is 3. The molecule has 0 radical (unpaired) electrons. The van der Waals surface area contributed by atoms with Gasteiger partial charge < -0.3 is 9.73 Å². The van der Waals surface area contributed by atoms with Crippen LogP contribution in [-0.2, 0) is 9.59 Å². The highest BCUT2D eigenvalue weighted by molar-refractivity contribution is 7.12. The first-order chi connectivity index (χ1) is 14.5. The van der Waals surface area contributed by atoms with Crippen LogP contribution in [0.2, 0.25) is 0 Å². The van der Waals surface area contributed by atoms with Gasteiger partial charge in [-0.05, 0) is 63.4 Å². The molecule has 0 aliphatic carbocycles. The summed E-state index contributed by atoms with van der Waals surface area (Å²) in [6.45, 7) is 5.73. The van der Waals surface area contributed by atoms with Crippen LogP contribution in [0.1, 0.15) is 49.8 Å². The minimum Gasteiger partial charge on any atom is -0.467 e. The molecule has 0 bridgehead atoms. The maximum atomic E-state index is 13.2. The number of likely N-dealkylation sites (tertiary alicyclic amines) is 1. The maximum absolute atomic E-state index is 13.2. The van der Waals surface area contributed by atoms with Crippen LogP contribution in [0, 0.1) is 5.92 Å². The molecular formula is C22H28N4O3S. The number of amides is 2. The molecule has 2 aromatic heterocycles. The summed E-state index contributed by atoms with van der Waals surface area (Å²) >= 11 is 1.63. The number of rotatable bonds is 6. The quantitative estimate of drug-likeness (QED) is 0.766. The third-order valence-electron chi connectivity index (χ3n) is 5.59. The van der Waals surface area contributed by atoms with Crippen LogP contribution in [-0.4, -0.2) is 53.1 Å². The van der Waals surface area contributed by atoms with Crippen LogP contribution in [0.15, 0.2) is 45.4 Å². The van der Waals surface area contributed by atoms with E-state index in [-0.39, 0.29) is 29.8 Å². The van der Waals surface area contributed by atoms with Gasteiger partial charge in [-0.2, -0.15) is 5.10 Å². The summed E-state index contributed by atoms with van der Waals surface area (Å²) in [6.07, 6.45) is 3.83. The Morgan fingerprint density at radius 3 is 2.70 bits per heavy atom. The third kappa shape index (κ3) is 4.65. The second-order valence-corrected chi connectivity index (χ2v) is 9.16. The molecule has 1 unspecified atom stereocenters. The number of piperidine rings is 1. The Bertz CT molecular complexity index is 884. The lowest BCUT2D eigenvalue weighted by Crippen LogP contribution is -2.45. The van der Waals surface area contributed by atoms with E-state index in [1.165, 1.54) is 0 Å². The zero-order chi connectivity index (χ0) is 21.1. The van der Waals surface area contributed by atoms with Gasteiger partial charge >= 0.3 is 0 Å². The van der Waals surface area contributed by atoms with Gasteiger partial charge in [-0.15, -0.1) is 11.3 Å². The summed E-state index contributed by atoms with van der Waals surface area (Å²) in [6, 6.07) is 7.71. The molecule has 2 aliphatic rings. The van der Waals surface area contributed by atoms with Crippen molar-refractivity contribution >= 4 is 28.9 Å². The smallest absolute Gasteiger partial charge is 0.257 e. The molecule has 4 heterocycles. The molecule has 1 N–H and O–H groups in total. The number of hydrazone groups is 1. The molecular weight excluding hydrogens is 400 g/mol.